The second-order valence-electron chi connectivity index (χ2n) is 14.1. The van der Waals surface area contributed by atoms with E-state index in [1.807, 2.05) is 12.1 Å². The van der Waals surface area contributed by atoms with Gasteiger partial charge in [-0.2, -0.15) is 0 Å². The highest BCUT2D eigenvalue weighted by Gasteiger charge is 2.18. The van der Waals surface area contributed by atoms with Gasteiger partial charge >= 0.3 is 0 Å². The zero-order chi connectivity index (χ0) is 36.3. The first kappa shape index (κ1) is 31.2. The van der Waals surface area contributed by atoms with Crippen molar-refractivity contribution in [1.29, 1.82) is 0 Å². The van der Waals surface area contributed by atoms with Crippen molar-refractivity contribution in [3.8, 4) is 33.4 Å². The summed E-state index contributed by atoms with van der Waals surface area (Å²) in [5.41, 5.74) is 13.9. The van der Waals surface area contributed by atoms with Gasteiger partial charge in [0.2, 0.25) is 0 Å². The van der Waals surface area contributed by atoms with Gasteiger partial charge in [0.25, 0.3) is 0 Å². The van der Waals surface area contributed by atoms with E-state index in [0.717, 1.165) is 72.1 Å². The number of anilines is 3. The third-order valence-corrected chi connectivity index (χ3v) is 10.9. The summed E-state index contributed by atoms with van der Waals surface area (Å²) in [5, 5.41) is 6.79. The minimum atomic E-state index is 0.873. The van der Waals surface area contributed by atoms with Crippen LogP contribution < -0.4 is 4.90 Å². The average Bonchev–Trinajstić information content (AvgIpc) is 3.83. The summed E-state index contributed by atoms with van der Waals surface area (Å²) in [6, 6.07) is 70.9. The second kappa shape index (κ2) is 12.6. The Labute approximate surface area is 317 Å². The first-order chi connectivity index (χ1) is 27.3. The molecule has 55 heavy (non-hydrogen) atoms. The molecule has 0 fully saturated rings. The molecule has 0 N–H and O–H groups in total. The van der Waals surface area contributed by atoms with Crippen molar-refractivity contribution in [1.82, 2.24) is 0 Å². The molecular formula is C52H33NO2. The summed E-state index contributed by atoms with van der Waals surface area (Å²) in [5.74, 6) is 0. The molecule has 0 aliphatic rings. The van der Waals surface area contributed by atoms with E-state index >= 15 is 0 Å². The Kier molecular flexibility index (Phi) is 7.17. The monoisotopic (exact) mass is 703 g/mol. The summed E-state index contributed by atoms with van der Waals surface area (Å²) in [6.45, 7) is 0. The fourth-order valence-corrected chi connectivity index (χ4v) is 8.30. The van der Waals surface area contributed by atoms with Gasteiger partial charge in [0.05, 0.1) is 0 Å². The maximum Gasteiger partial charge on any atom is 0.136 e. The molecule has 11 aromatic rings. The van der Waals surface area contributed by atoms with Gasteiger partial charge in [0.15, 0.2) is 0 Å². The Bertz CT molecular complexity index is 3170. The van der Waals surface area contributed by atoms with E-state index < -0.39 is 0 Å². The van der Waals surface area contributed by atoms with Crippen LogP contribution in [-0.2, 0) is 0 Å². The maximum atomic E-state index is 6.47. The quantitative estimate of drug-likeness (QED) is 0.173. The molecule has 0 bridgehead atoms. The van der Waals surface area contributed by atoms with Crippen LogP contribution >= 0.6 is 0 Å². The fourth-order valence-electron chi connectivity index (χ4n) is 8.30. The van der Waals surface area contributed by atoms with E-state index in [1.165, 1.54) is 33.0 Å². The van der Waals surface area contributed by atoms with E-state index in [2.05, 4.69) is 193 Å². The molecule has 11 rings (SSSR count). The Morgan fingerprint density at radius 1 is 0.291 bits per heavy atom. The maximum absolute atomic E-state index is 6.47. The van der Waals surface area contributed by atoms with Gasteiger partial charge in [-0.3, -0.25) is 0 Å². The molecule has 0 saturated carbocycles. The number of rotatable bonds is 6. The predicted molar refractivity (Wildman–Crippen MR) is 229 cm³/mol. The van der Waals surface area contributed by atoms with Crippen molar-refractivity contribution in [3.05, 3.63) is 200 Å². The number of nitrogens with zero attached hydrogens (tertiary/aromatic N) is 1. The molecule has 0 unspecified atom stereocenters. The predicted octanol–water partition coefficient (Wildman–Crippen LogP) is 15.1. The molecule has 258 valence electrons. The Morgan fingerprint density at radius 3 is 1.44 bits per heavy atom. The van der Waals surface area contributed by atoms with Crippen LogP contribution in [-0.4, -0.2) is 0 Å². The number of fused-ring (bicyclic) bond motifs is 9. The van der Waals surface area contributed by atoms with Crippen LogP contribution in [0, 0.1) is 0 Å². The summed E-state index contributed by atoms with van der Waals surface area (Å²) in [6.07, 6.45) is 0. The molecule has 0 spiro atoms. The topological polar surface area (TPSA) is 29.5 Å². The van der Waals surface area contributed by atoms with Gasteiger partial charge in [-0.25, -0.2) is 0 Å². The van der Waals surface area contributed by atoms with Crippen LogP contribution in [0.15, 0.2) is 209 Å². The largest absolute Gasteiger partial charge is 0.456 e. The minimum Gasteiger partial charge on any atom is -0.456 e. The molecule has 3 heteroatoms. The van der Waals surface area contributed by atoms with Crippen molar-refractivity contribution in [2.24, 2.45) is 0 Å². The Morgan fingerprint density at radius 2 is 0.764 bits per heavy atom. The number of benzene rings is 9. The summed E-state index contributed by atoms with van der Waals surface area (Å²) in [7, 11) is 0. The third kappa shape index (κ3) is 5.20. The van der Waals surface area contributed by atoms with Crippen molar-refractivity contribution >= 4 is 71.7 Å². The van der Waals surface area contributed by atoms with E-state index in [9.17, 15) is 0 Å². The highest BCUT2D eigenvalue weighted by atomic mass is 16.3. The summed E-state index contributed by atoms with van der Waals surface area (Å²) in [4.78, 5) is 2.32. The standard InChI is InChI=1S/C52H33NO2/c1-3-11-35(12-4-1)42-15-7-8-16-43(42)36-21-28-41(29-22-36)53(39-13-5-2-6-14-39)40-26-19-34(20-27-40)38-25-30-47-45(33-38)52-49(55-47)32-24-37-23-31-48-51(50(37)52)44-17-9-10-18-46(44)54-48/h1-33H. The van der Waals surface area contributed by atoms with Gasteiger partial charge in [-0.05, 0) is 105 Å². The van der Waals surface area contributed by atoms with Crippen LogP contribution in [0.5, 0.6) is 0 Å². The van der Waals surface area contributed by atoms with Gasteiger partial charge < -0.3 is 13.7 Å². The molecule has 3 nitrogen and oxygen atoms in total. The molecule has 9 aromatic carbocycles. The number of furan rings is 2. The number of hydrogen-bond donors (Lipinski definition) is 0. The van der Waals surface area contributed by atoms with Crippen molar-refractivity contribution in [2.75, 3.05) is 4.90 Å². The molecule has 0 aliphatic carbocycles. The molecule has 0 atom stereocenters. The smallest absolute Gasteiger partial charge is 0.136 e. The van der Waals surface area contributed by atoms with Crippen molar-refractivity contribution in [2.45, 2.75) is 0 Å². The zero-order valence-corrected chi connectivity index (χ0v) is 29.8. The van der Waals surface area contributed by atoms with Crippen molar-refractivity contribution < 1.29 is 8.83 Å². The summed E-state index contributed by atoms with van der Waals surface area (Å²) >= 11 is 0. The molecule has 2 heterocycles. The lowest BCUT2D eigenvalue weighted by atomic mass is 9.94. The molecule has 0 aliphatic heterocycles. The fraction of sp³-hybridized carbons (Fsp3) is 0. The summed E-state index contributed by atoms with van der Waals surface area (Å²) < 4.78 is 12.8. The number of hydrogen-bond acceptors (Lipinski definition) is 3. The van der Waals surface area contributed by atoms with Crippen LogP contribution in [0.3, 0.4) is 0 Å². The molecule has 2 aromatic heterocycles. The highest BCUT2D eigenvalue weighted by molar-refractivity contribution is 6.31. The molecule has 0 amide bonds. The third-order valence-electron chi connectivity index (χ3n) is 10.9. The minimum absolute atomic E-state index is 0.873. The Hall–Kier alpha value is -7.36. The van der Waals surface area contributed by atoms with Crippen LogP contribution in [0.4, 0.5) is 17.1 Å². The lowest BCUT2D eigenvalue weighted by Crippen LogP contribution is -2.09. The number of para-hydroxylation sites is 2. The SMILES string of the molecule is c1ccc(-c2ccccc2-c2ccc(N(c3ccccc3)c3ccc(-c4ccc5oc6ccc7ccc8oc9ccccc9c8c7c6c5c4)cc3)cc2)cc1. The van der Waals surface area contributed by atoms with Crippen LogP contribution in [0.1, 0.15) is 0 Å². The first-order valence-corrected chi connectivity index (χ1v) is 18.7. The second-order valence-corrected chi connectivity index (χ2v) is 14.1. The van der Waals surface area contributed by atoms with Crippen LogP contribution in [0.2, 0.25) is 0 Å². The van der Waals surface area contributed by atoms with E-state index in [1.54, 1.807) is 0 Å². The molecule has 0 saturated heterocycles. The average molecular weight is 704 g/mol. The van der Waals surface area contributed by atoms with E-state index in [0.29, 0.717) is 0 Å². The first-order valence-electron chi connectivity index (χ1n) is 18.7. The zero-order valence-electron chi connectivity index (χ0n) is 29.8. The van der Waals surface area contributed by atoms with Crippen LogP contribution in [0.25, 0.3) is 88.0 Å². The lowest BCUT2D eigenvalue weighted by Gasteiger charge is -2.26. The van der Waals surface area contributed by atoms with Gasteiger partial charge in [-0.15, -0.1) is 0 Å². The van der Waals surface area contributed by atoms with Gasteiger partial charge in [0.1, 0.15) is 22.3 Å². The lowest BCUT2D eigenvalue weighted by molar-refractivity contribution is 0.669. The van der Waals surface area contributed by atoms with Gasteiger partial charge in [-0.1, -0.05) is 133 Å². The normalized spacial score (nSPS) is 11.6. The Balaban J connectivity index is 0.990. The van der Waals surface area contributed by atoms with Gasteiger partial charge in [0, 0.05) is 44.0 Å². The molecule has 0 radical (unpaired) electrons. The highest BCUT2D eigenvalue weighted by Crippen LogP contribution is 2.43. The van der Waals surface area contributed by atoms with Crippen molar-refractivity contribution in [3.63, 3.8) is 0 Å². The van der Waals surface area contributed by atoms with E-state index in [4.69, 9.17) is 8.83 Å². The van der Waals surface area contributed by atoms with E-state index in [-0.39, 0.29) is 0 Å². The molecular weight excluding hydrogens is 671 g/mol.